The van der Waals surface area contributed by atoms with Crippen molar-refractivity contribution in [2.75, 3.05) is 0 Å². The third-order valence-corrected chi connectivity index (χ3v) is 4.47. The van der Waals surface area contributed by atoms with Gasteiger partial charge in [0.15, 0.2) is 0 Å². The van der Waals surface area contributed by atoms with Gasteiger partial charge in [0.2, 0.25) is 0 Å². The van der Waals surface area contributed by atoms with Gasteiger partial charge < -0.3 is 4.74 Å². The number of benzene rings is 3. The van der Waals surface area contributed by atoms with Crippen LogP contribution in [0.4, 0.5) is 5.69 Å². The second-order valence-electron chi connectivity index (χ2n) is 6.09. The number of hydrogen-bond acceptors (Lipinski definition) is 6. The number of carbonyl (C=O) groups is 2. The normalized spacial score (nSPS) is 10.6. The molecule has 8 nitrogen and oxygen atoms in total. The van der Waals surface area contributed by atoms with E-state index in [4.69, 9.17) is 27.9 Å². The molecule has 0 heterocycles. The van der Waals surface area contributed by atoms with Crippen molar-refractivity contribution in [2.24, 2.45) is 5.10 Å². The number of hydrazone groups is 1. The highest BCUT2D eigenvalue weighted by molar-refractivity contribution is 6.36. The lowest BCUT2D eigenvalue weighted by Crippen LogP contribution is -2.17. The van der Waals surface area contributed by atoms with Crippen molar-refractivity contribution >= 4 is 47.0 Å². The lowest BCUT2D eigenvalue weighted by molar-refractivity contribution is -0.384. The summed E-state index contributed by atoms with van der Waals surface area (Å²) in [4.78, 5) is 34.6. The van der Waals surface area contributed by atoms with Gasteiger partial charge in [-0.25, -0.2) is 10.2 Å². The van der Waals surface area contributed by atoms with E-state index < -0.39 is 16.8 Å². The summed E-state index contributed by atoms with van der Waals surface area (Å²) in [5.41, 5.74) is 2.87. The largest absolute Gasteiger partial charge is 0.423 e. The molecule has 0 spiro atoms. The number of hydrogen-bond donors (Lipinski definition) is 1. The molecule has 31 heavy (non-hydrogen) atoms. The Labute approximate surface area is 186 Å². The Morgan fingerprint density at radius 3 is 2.55 bits per heavy atom. The van der Waals surface area contributed by atoms with Crippen LogP contribution in [-0.4, -0.2) is 23.0 Å². The summed E-state index contributed by atoms with van der Waals surface area (Å²) in [6.07, 6.45) is 1.34. The summed E-state index contributed by atoms with van der Waals surface area (Å²) in [5, 5.41) is 15.2. The Morgan fingerprint density at radius 1 is 1.03 bits per heavy atom. The van der Waals surface area contributed by atoms with Crippen molar-refractivity contribution in [3.8, 4) is 5.75 Å². The molecule has 10 heteroatoms. The summed E-state index contributed by atoms with van der Waals surface area (Å²) in [6.45, 7) is 0. The molecule has 0 atom stereocenters. The molecule has 0 aliphatic rings. The Bertz CT molecular complexity index is 1200. The van der Waals surface area contributed by atoms with E-state index in [9.17, 15) is 19.7 Å². The van der Waals surface area contributed by atoms with E-state index in [1.165, 1.54) is 48.7 Å². The van der Waals surface area contributed by atoms with Crippen LogP contribution in [0.1, 0.15) is 26.3 Å². The molecule has 0 aliphatic heterocycles. The highest BCUT2D eigenvalue weighted by atomic mass is 35.5. The van der Waals surface area contributed by atoms with E-state index >= 15 is 0 Å². The van der Waals surface area contributed by atoms with Crippen LogP contribution in [0.25, 0.3) is 0 Å². The third kappa shape index (κ3) is 5.88. The van der Waals surface area contributed by atoms with Gasteiger partial charge in [0, 0.05) is 22.7 Å². The van der Waals surface area contributed by atoms with Crippen molar-refractivity contribution in [2.45, 2.75) is 0 Å². The molecule has 0 unspecified atom stereocenters. The second-order valence-corrected chi connectivity index (χ2v) is 6.94. The average molecular weight is 458 g/mol. The predicted molar refractivity (Wildman–Crippen MR) is 116 cm³/mol. The number of nitrogens with zero attached hydrogens (tertiary/aromatic N) is 2. The molecule has 0 saturated heterocycles. The summed E-state index contributed by atoms with van der Waals surface area (Å²) in [7, 11) is 0. The van der Waals surface area contributed by atoms with Crippen LogP contribution in [0.15, 0.2) is 71.8 Å². The fourth-order valence-corrected chi connectivity index (χ4v) is 2.95. The van der Waals surface area contributed by atoms with Crippen molar-refractivity contribution < 1.29 is 19.2 Å². The van der Waals surface area contributed by atoms with Crippen LogP contribution in [-0.2, 0) is 0 Å². The number of nitro groups is 1. The van der Waals surface area contributed by atoms with E-state index in [0.29, 0.717) is 10.6 Å². The van der Waals surface area contributed by atoms with Gasteiger partial charge in [-0.1, -0.05) is 41.4 Å². The molecule has 0 radical (unpaired) electrons. The molecule has 0 bridgehead atoms. The number of nitrogens with one attached hydrogen (secondary N) is 1. The molecule has 1 N–H and O–H groups in total. The third-order valence-electron chi connectivity index (χ3n) is 3.92. The first kappa shape index (κ1) is 21.9. The van der Waals surface area contributed by atoms with Gasteiger partial charge >= 0.3 is 5.97 Å². The molecular formula is C21H13Cl2N3O5. The van der Waals surface area contributed by atoms with Crippen molar-refractivity contribution in [3.05, 3.63) is 104 Å². The lowest BCUT2D eigenvalue weighted by Gasteiger charge is -2.07. The Hall–Kier alpha value is -3.75. The number of esters is 1. The van der Waals surface area contributed by atoms with Gasteiger partial charge in [-0.3, -0.25) is 14.9 Å². The number of non-ortho nitro benzene ring substituents is 1. The molecule has 0 aliphatic carbocycles. The van der Waals surface area contributed by atoms with Gasteiger partial charge in [0.1, 0.15) is 5.75 Å². The first-order valence-electron chi connectivity index (χ1n) is 8.68. The molecule has 0 saturated carbocycles. The number of rotatable bonds is 6. The summed E-state index contributed by atoms with van der Waals surface area (Å²) in [5.74, 6) is -1.03. The van der Waals surface area contributed by atoms with Crippen molar-refractivity contribution in [1.29, 1.82) is 0 Å². The van der Waals surface area contributed by atoms with Crippen LogP contribution in [0, 0.1) is 10.1 Å². The monoisotopic (exact) mass is 457 g/mol. The number of nitro benzene ring substituents is 1. The average Bonchev–Trinajstić information content (AvgIpc) is 2.74. The lowest BCUT2D eigenvalue weighted by atomic mass is 10.2. The maximum atomic E-state index is 12.3. The Balaban J connectivity index is 1.65. The number of halogens is 2. The number of amides is 1. The molecule has 3 rings (SSSR count). The van der Waals surface area contributed by atoms with Gasteiger partial charge in [-0.15, -0.1) is 0 Å². The zero-order chi connectivity index (χ0) is 22.4. The van der Waals surface area contributed by atoms with Crippen molar-refractivity contribution in [1.82, 2.24) is 5.43 Å². The molecule has 3 aromatic carbocycles. The maximum Gasteiger partial charge on any atom is 0.345 e. The molecule has 0 aromatic heterocycles. The molecule has 3 aromatic rings. The Morgan fingerprint density at radius 2 is 1.81 bits per heavy atom. The highest BCUT2D eigenvalue weighted by Crippen LogP contribution is 2.23. The minimum Gasteiger partial charge on any atom is -0.423 e. The van der Waals surface area contributed by atoms with Crippen LogP contribution >= 0.6 is 23.2 Å². The zero-order valence-electron chi connectivity index (χ0n) is 15.6. The number of ether oxygens (including phenoxy) is 1. The maximum absolute atomic E-state index is 12.3. The first-order valence-corrected chi connectivity index (χ1v) is 9.44. The van der Waals surface area contributed by atoms with Crippen LogP contribution < -0.4 is 10.2 Å². The fourth-order valence-electron chi connectivity index (χ4n) is 2.47. The van der Waals surface area contributed by atoms with Crippen molar-refractivity contribution in [3.63, 3.8) is 0 Å². The number of carbonyl (C=O) groups excluding carboxylic acids is 2. The fraction of sp³-hybridized carbons (Fsp3) is 0. The van der Waals surface area contributed by atoms with E-state index in [-0.39, 0.29) is 27.6 Å². The quantitative estimate of drug-likeness (QED) is 0.186. The first-order chi connectivity index (χ1) is 14.8. The van der Waals surface area contributed by atoms with E-state index in [1.807, 2.05) is 0 Å². The molecule has 0 fully saturated rings. The van der Waals surface area contributed by atoms with Crippen LogP contribution in [0.3, 0.4) is 0 Å². The van der Waals surface area contributed by atoms with Crippen LogP contribution in [0.5, 0.6) is 5.75 Å². The Kier molecular flexibility index (Phi) is 6.96. The standard InChI is InChI=1S/C21H13Cl2N3O5/c22-15-7-8-18(19(23)11-15)21(28)31-17-6-1-3-13(9-17)12-24-25-20(27)14-4-2-5-16(10-14)26(29)30/h1-12H,(H,25,27)/b24-12+. The van der Waals surface area contributed by atoms with Gasteiger partial charge in [-0.2, -0.15) is 5.10 Å². The van der Waals surface area contributed by atoms with Gasteiger partial charge in [0.25, 0.3) is 11.6 Å². The van der Waals surface area contributed by atoms with Gasteiger partial charge in [0.05, 0.1) is 21.7 Å². The molecule has 1 amide bonds. The SMILES string of the molecule is O=C(N/N=C/c1cccc(OC(=O)c2ccc(Cl)cc2Cl)c1)c1cccc([N+](=O)[O-])c1. The zero-order valence-corrected chi connectivity index (χ0v) is 17.1. The molecule has 156 valence electrons. The van der Waals surface area contributed by atoms with E-state index in [0.717, 1.165) is 6.07 Å². The van der Waals surface area contributed by atoms with Crippen LogP contribution in [0.2, 0.25) is 10.0 Å². The summed E-state index contributed by atoms with van der Waals surface area (Å²) >= 11 is 11.8. The summed E-state index contributed by atoms with van der Waals surface area (Å²) < 4.78 is 5.31. The molecular weight excluding hydrogens is 445 g/mol. The predicted octanol–water partition coefficient (Wildman–Crippen LogP) is 4.88. The van der Waals surface area contributed by atoms with Gasteiger partial charge in [-0.05, 0) is 42.0 Å². The second kappa shape index (κ2) is 9.84. The minimum absolute atomic E-state index is 0.0915. The van der Waals surface area contributed by atoms with E-state index in [1.54, 1.807) is 18.2 Å². The summed E-state index contributed by atoms with van der Waals surface area (Å²) in [6, 6.07) is 16.1. The highest BCUT2D eigenvalue weighted by Gasteiger charge is 2.14. The topological polar surface area (TPSA) is 111 Å². The minimum atomic E-state index is -0.658. The van der Waals surface area contributed by atoms with E-state index in [2.05, 4.69) is 10.5 Å². The smallest absolute Gasteiger partial charge is 0.345 e.